The summed E-state index contributed by atoms with van der Waals surface area (Å²) in [5.41, 5.74) is 3.08. The molecule has 28 heavy (non-hydrogen) atoms. The maximum Gasteiger partial charge on any atom is 0.244 e. The number of amides is 1. The molecular weight excluding hydrogens is 356 g/mol. The molecule has 0 saturated heterocycles. The number of ether oxygens (including phenoxy) is 3. The summed E-state index contributed by atoms with van der Waals surface area (Å²) in [6.45, 7) is 1.67. The lowest BCUT2D eigenvalue weighted by atomic mass is 10.1. The Morgan fingerprint density at radius 3 is 2.89 bits per heavy atom. The second kappa shape index (κ2) is 8.08. The molecule has 0 fully saturated rings. The standard InChI is InChI=1S/C22H22N2O4/c1-26-17-4-5-18-16(14-24-19(18)13-17)8-9-23-22(25)7-3-15-2-6-20-21(12-15)28-11-10-27-20/h2-7,12-14,24H,8-11H2,1H3,(H,23,25). The zero-order valence-corrected chi connectivity index (χ0v) is 15.7. The lowest BCUT2D eigenvalue weighted by Crippen LogP contribution is -2.23. The summed E-state index contributed by atoms with van der Waals surface area (Å²) in [6.07, 6.45) is 6.02. The molecule has 0 atom stereocenters. The van der Waals surface area contributed by atoms with Crippen LogP contribution < -0.4 is 19.5 Å². The van der Waals surface area contributed by atoms with Crippen LogP contribution in [0.4, 0.5) is 0 Å². The zero-order chi connectivity index (χ0) is 19.3. The fraction of sp³-hybridized carbons (Fsp3) is 0.227. The van der Waals surface area contributed by atoms with Gasteiger partial charge in [0.2, 0.25) is 5.91 Å². The van der Waals surface area contributed by atoms with Crippen LogP contribution >= 0.6 is 0 Å². The van der Waals surface area contributed by atoms with Gasteiger partial charge in [0.1, 0.15) is 19.0 Å². The van der Waals surface area contributed by atoms with E-state index in [-0.39, 0.29) is 5.91 Å². The van der Waals surface area contributed by atoms with Crippen LogP contribution in [0.15, 0.2) is 48.7 Å². The van der Waals surface area contributed by atoms with E-state index in [2.05, 4.69) is 10.3 Å². The molecule has 1 aliphatic rings. The Bertz CT molecular complexity index is 1020. The smallest absolute Gasteiger partial charge is 0.244 e. The van der Waals surface area contributed by atoms with Gasteiger partial charge >= 0.3 is 0 Å². The molecule has 6 nitrogen and oxygen atoms in total. The quantitative estimate of drug-likeness (QED) is 0.646. The van der Waals surface area contributed by atoms with E-state index in [4.69, 9.17) is 14.2 Å². The molecular formula is C22H22N2O4. The van der Waals surface area contributed by atoms with Crippen molar-refractivity contribution < 1.29 is 19.0 Å². The average molecular weight is 378 g/mol. The van der Waals surface area contributed by atoms with Crippen LogP contribution in [0, 0.1) is 0 Å². The van der Waals surface area contributed by atoms with Gasteiger partial charge in [0.05, 0.1) is 7.11 Å². The van der Waals surface area contributed by atoms with Crippen LogP contribution in [0.5, 0.6) is 17.2 Å². The van der Waals surface area contributed by atoms with Gasteiger partial charge in [0.15, 0.2) is 11.5 Å². The van der Waals surface area contributed by atoms with Gasteiger partial charge in [0, 0.05) is 35.8 Å². The predicted octanol–water partition coefficient (Wildman–Crippen LogP) is 3.32. The highest BCUT2D eigenvalue weighted by atomic mass is 16.6. The molecule has 0 spiro atoms. The second-order valence-electron chi connectivity index (χ2n) is 6.50. The number of hydrogen-bond acceptors (Lipinski definition) is 4. The third kappa shape index (κ3) is 3.96. The minimum absolute atomic E-state index is 0.128. The third-order valence-corrected chi connectivity index (χ3v) is 4.66. The summed E-state index contributed by atoms with van der Waals surface area (Å²) < 4.78 is 16.3. The van der Waals surface area contributed by atoms with E-state index in [1.807, 2.05) is 42.6 Å². The Morgan fingerprint density at radius 2 is 2.04 bits per heavy atom. The molecule has 1 amide bonds. The molecule has 0 saturated carbocycles. The topological polar surface area (TPSA) is 72.6 Å². The number of aromatic nitrogens is 1. The first kappa shape index (κ1) is 18.0. The molecule has 1 aliphatic heterocycles. The highest BCUT2D eigenvalue weighted by molar-refractivity contribution is 5.92. The van der Waals surface area contributed by atoms with Crippen LogP contribution in [0.1, 0.15) is 11.1 Å². The Labute approximate surface area is 163 Å². The van der Waals surface area contributed by atoms with Crippen molar-refractivity contribution in [2.24, 2.45) is 0 Å². The fourth-order valence-corrected chi connectivity index (χ4v) is 3.21. The van der Waals surface area contributed by atoms with E-state index in [1.54, 1.807) is 13.2 Å². The van der Waals surface area contributed by atoms with Gasteiger partial charge in [-0.3, -0.25) is 4.79 Å². The van der Waals surface area contributed by atoms with E-state index >= 15 is 0 Å². The van der Waals surface area contributed by atoms with E-state index in [1.165, 1.54) is 6.08 Å². The van der Waals surface area contributed by atoms with Crippen molar-refractivity contribution in [3.05, 3.63) is 59.8 Å². The summed E-state index contributed by atoms with van der Waals surface area (Å²) in [5, 5.41) is 4.06. The van der Waals surface area contributed by atoms with Crippen LogP contribution in [0.2, 0.25) is 0 Å². The monoisotopic (exact) mass is 378 g/mol. The van der Waals surface area contributed by atoms with Crippen LogP contribution in [0.25, 0.3) is 17.0 Å². The summed E-state index contributed by atoms with van der Waals surface area (Å²) in [5.74, 6) is 2.14. The molecule has 0 unspecified atom stereocenters. The summed E-state index contributed by atoms with van der Waals surface area (Å²) in [4.78, 5) is 15.3. The molecule has 0 radical (unpaired) electrons. The van der Waals surface area contributed by atoms with Crippen molar-refractivity contribution in [2.75, 3.05) is 26.9 Å². The Morgan fingerprint density at radius 1 is 1.18 bits per heavy atom. The minimum Gasteiger partial charge on any atom is -0.497 e. The van der Waals surface area contributed by atoms with Gasteiger partial charge in [-0.2, -0.15) is 0 Å². The molecule has 3 aromatic rings. The number of hydrogen-bond donors (Lipinski definition) is 2. The molecule has 2 heterocycles. The summed E-state index contributed by atoms with van der Waals surface area (Å²) >= 11 is 0. The number of carbonyl (C=O) groups excluding carboxylic acids is 1. The van der Waals surface area contributed by atoms with Gasteiger partial charge < -0.3 is 24.5 Å². The summed E-state index contributed by atoms with van der Waals surface area (Å²) in [6, 6.07) is 11.6. The molecule has 2 N–H and O–H groups in total. The molecule has 1 aromatic heterocycles. The van der Waals surface area contributed by atoms with Gasteiger partial charge in [-0.1, -0.05) is 6.07 Å². The zero-order valence-electron chi connectivity index (χ0n) is 15.7. The fourth-order valence-electron chi connectivity index (χ4n) is 3.21. The van der Waals surface area contributed by atoms with E-state index in [0.717, 1.165) is 39.9 Å². The Hall–Kier alpha value is -3.41. The number of methoxy groups -OCH3 is 1. The van der Waals surface area contributed by atoms with Crippen molar-refractivity contribution >= 4 is 22.9 Å². The van der Waals surface area contributed by atoms with Crippen molar-refractivity contribution in [1.29, 1.82) is 0 Å². The number of fused-ring (bicyclic) bond motifs is 2. The molecule has 4 rings (SSSR count). The van der Waals surface area contributed by atoms with E-state index in [9.17, 15) is 4.79 Å². The Kier molecular flexibility index (Phi) is 5.19. The Balaban J connectivity index is 1.32. The predicted molar refractivity (Wildman–Crippen MR) is 108 cm³/mol. The molecule has 2 aromatic carbocycles. The lowest BCUT2D eigenvalue weighted by molar-refractivity contribution is -0.116. The highest BCUT2D eigenvalue weighted by Gasteiger charge is 2.11. The van der Waals surface area contributed by atoms with Gasteiger partial charge in [-0.15, -0.1) is 0 Å². The first-order chi connectivity index (χ1) is 13.7. The number of aromatic amines is 1. The van der Waals surface area contributed by atoms with Crippen LogP contribution in [0.3, 0.4) is 0 Å². The molecule has 6 heteroatoms. The maximum atomic E-state index is 12.1. The van der Waals surface area contributed by atoms with Gasteiger partial charge in [-0.05, 0) is 47.9 Å². The minimum atomic E-state index is -0.128. The normalized spacial score (nSPS) is 13.0. The largest absolute Gasteiger partial charge is 0.497 e. The van der Waals surface area contributed by atoms with Gasteiger partial charge in [0.25, 0.3) is 0 Å². The number of H-pyrrole nitrogens is 1. The van der Waals surface area contributed by atoms with Crippen molar-refractivity contribution in [2.45, 2.75) is 6.42 Å². The van der Waals surface area contributed by atoms with Crippen LogP contribution in [-0.4, -0.2) is 37.8 Å². The second-order valence-corrected chi connectivity index (χ2v) is 6.50. The number of carbonyl (C=O) groups is 1. The van der Waals surface area contributed by atoms with Crippen molar-refractivity contribution in [3.8, 4) is 17.2 Å². The van der Waals surface area contributed by atoms with Gasteiger partial charge in [-0.25, -0.2) is 0 Å². The SMILES string of the molecule is COc1ccc2c(CCNC(=O)C=Cc3ccc4c(c3)OCCO4)c[nH]c2c1. The maximum absolute atomic E-state index is 12.1. The number of benzene rings is 2. The number of rotatable bonds is 6. The molecule has 144 valence electrons. The van der Waals surface area contributed by atoms with E-state index < -0.39 is 0 Å². The summed E-state index contributed by atoms with van der Waals surface area (Å²) in [7, 11) is 1.65. The first-order valence-electron chi connectivity index (χ1n) is 9.22. The highest BCUT2D eigenvalue weighted by Crippen LogP contribution is 2.31. The molecule has 0 aliphatic carbocycles. The lowest BCUT2D eigenvalue weighted by Gasteiger charge is -2.18. The van der Waals surface area contributed by atoms with Crippen molar-refractivity contribution in [3.63, 3.8) is 0 Å². The van der Waals surface area contributed by atoms with E-state index in [0.29, 0.717) is 25.5 Å². The first-order valence-corrected chi connectivity index (χ1v) is 9.22. The number of nitrogens with one attached hydrogen (secondary N) is 2. The average Bonchev–Trinajstić information content (AvgIpc) is 3.14. The third-order valence-electron chi connectivity index (χ3n) is 4.66. The van der Waals surface area contributed by atoms with Crippen LogP contribution in [-0.2, 0) is 11.2 Å². The molecule has 0 bridgehead atoms. The van der Waals surface area contributed by atoms with Crippen molar-refractivity contribution in [1.82, 2.24) is 10.3 Å².